The molecule has 0 saturated heterocycles. The molecule has 3 aromatic carbocycles. The minimum Gasteiger partial charge on any atom is -0.335 e. The molecule has 0 atom stereocenters. The second-order valence-electron chi connectivity index (χ2n) is 9.97. The summed E-state index contributed by atoms with van der Waals surface area (Å²) >= 11 is 0. The molecule has 250 valence electrons. The van der Waals surface area contributed by atoms with Crippen LogP contribution < -0.4 is 0 Å². The van der Waals surface area contributed by atoms with Crippen LogP contribution in [0.25, 0.3) is 45.0 Å². The van der Waals surface area contributed by atoms with E-state index in [1.807, 2.05) is 0 Å². The number of hydrogen-bond acceptors (Lipinski definition) is 3. The van der Waals surface area contributed by atoms with Crippen LogP contribution >= 0.6 is 0 Å². The molecule has 0 aliphatic rings. The van der Waals surface area contributed by atoms with E-state index < -0.39 is 35.2 Å². The molecule has 0 unspecified atom stereocenters. The summed E-state index contributed by atoms with van der Waals surface area (Å²) in [5.41, 5.74) is -0.481. The van der Waals surface area contributed by atoms with Gasteiger partial charge in [0.2, 0.25) is 0 Å². The Morgan fingerprint density at radius 1 is 0.449 bits per heavy atom. The molecule has 0 fully saturated rings. The van der Waals surface area contributed by atoms with Crippen molar-refractivity contribution in [2.45, 2.75) is 18.5 Å². The van der Waals surface area contributed by atoms with Crippen molar-refractivity contribution < 1.29 is 59.6 Å². The first kappa shape index (κ1) is 37.0. The molecular formula is C36H19F9IrN3. The molecular weight excluding hydrogens is 838 g/mol. The summed E-state index contributed by atoms with van der Waals surface area (Å²) < 4.78 is 116. The van der Waals surface area contributed by atoms with Crippen LogP contribution in [0.3, 0.4) is 0 Å². The third kappa shape index (κ3) is 9.39. The van der Waals surface area contributed by atoms with Crippen LogP contribution in [-0.4, -0.2) is 15.0 Å². The van der Waals surface area contributed by atoms with Crippen molar-refractivity contribution in [3.8, 4) is 45.0 Å². The predicted octanol–water partition coefficient (Wildman–Crippen LogP) is 10.7. The van der Waals surface area contributed by atoms with E-state index in [0.717, 1.165) is 30.3 Å². The fraction of sp³-hybridized carbons (Fsp3) is 0.0833. The summed E-state index contributed by atoms with van der Waals surface area (Å²) in [4.78, 5) is 12.4. The van der Waals surface area contributed by atoms with E-state index in [2.05, 4.69) is 33.2 Å². The van der Waals surface area contributed by atoms with Gasteiger partial charge in [0.25, 0.3) is 0 Å². The van der Waals surface area contributed by atoms with Crippen molar-refractivity contribution >= 4 is 0 Å². The molecule has 0 spiro atoms. The first-order valence-electron chi connectivity index (χ1n) is 13.8. The van der Waals surface area contributed by atoms with Crippen molar-refractivity contribution in [1.82, 2.24) is 15.0 Å². The largest absolute Gasteiger partial charge is 3.00 e. The summed E-state index contributed by atoms with van der Waals surface area (Å²) in [5, 5.41) is 0. The van der Waals surface area contributed by atoms with Gasteiger partial charge in [0.05, 0.1) is 0 Å². The molecule has 0 aliphatic carbocycles. The maximum absolute atomic E-state index is 13.7. The Kier molecular flexibility index (Phi) is 11.4. The molecule has 3 aromatic heterocycles. The van der Waals surface area contributed by atoms with Crippen molar-refractivity contribution in [3.05, 3.63) is 150 Å². The summed E-state index contributed by atoms with van der Waals surface area (Å²) in [7, 11) is 0. The maximum Gasteiger partial charge on any atom is 3.00 e. The van der Waals surface area contributed by atoms with Gasteiger partial charge in [-0.15, -0.1) is 77.9 Å². The molecule has 0 saturated carbocycles. The summed E-state index contributed by atoms with van der Waals surface area (Å²) in [6.07, 6.45) is -10.4. The topological polar surface area (TPSA) is 38.7 Å². The smallest absolute Gasteiger partial charge is 0.335 e. The number of nitrogens with zero attached hydrogens (tertiary/aromatic N) is 3. The van der Waals surface area contributed by atoms with Gasteiger partial charge in [-0.25, -0.2) is 0 Å². The van der Waals surface area contributed by atoms with Crippen molar-refractivity contribution in [3.63, 3.8) is 0 Å². The van der Waals surface area contributed by atoms with Gasteiger partial charge in [-0.05, 0) is 45.9 Å². The van der Waals surface area contributed by atoms with E-state index in [4.69, 9.17) is 0 Å². The Morgan fingerprint density at radius 2 is 0.918 bits per heavy atom. The molecule has 3 heterocycles. The number of halogens is 9. The Hall–Kier alpha value is -4.87. The Morgan fingerprint density at radius 3 is 1.37 bits per heavy atom. The fourth-order valence-corrected chi connectivity index (χ4v) is 4.37. The van der Waals surface area contributed by atoms with E-state index in [-0.39, 0.29) is 42.6 Å². The van der Waals surface area contributed by atoms with Gasteiger partial charge in [0.1, 0.15) is 0 Å². The van der Waals surface area contributed by atoms with Crippen LogP contribution in [0.4, 0.5) is 39.5 Å². The third-order valence-corrected chi connectivity index (χ3v) is 6.69. The van der Waals surface area contributed by atoms with Crippen LogP contribution in [0.15, 0.2) is 116 Å². The van der Waals surface area contributed by atoms with Crippen molar-refractivity contribution in [2.24, 2.45) is 0 Å². The third-order valence-electron chi connectivity index (χ3n) is 6.69. The Balaban J connectivity index is 0.000000268. The number of benzene rings is 3. The zero-order valence-corrected chi connectivity index (χ0v) is 26.9. The molecule has 0 radical (unpaired) electrons. The van der Waals surface area contributed by atoms with Crippen molar-refractivity contribution in [2.75, 3.05) is 0 Å². The van der Waals surface area contributed by atoms with Gasteiger partial charge in [0.15, 0.2) is 0 Å². The zero-order valence-electron chi connectivity index (χ0n) is 24.5. The van der Waals surface area contributed by atoms with Crippen LogP contribution in [0.1, 0.15) is 16.7 Å². The first-order valence-corrected chi connectivity index (χ1v) is 13.8. The minimum absolute atomic E-state index is 0. The summed E-state index contributed by atoms with van der Waals surface area (Å²) in [6.45, 7) is 0. The standard InChI is InChI=1S/C24H12F6N2.C12H7F3N.Ir/c25-23(26,27)17-10-7-15(8-11-17)21-5-3-6-22(32-21)18-14-16(20-4-1-2-13-31-20)9-12-19(18)24(28,29)30;13-12(14,15)10-6-4-9(5-7-10)11-3-1-2-8-16-11;/h1-7,9-13H;1-4,6-8H;/q-2;-1;+3. The number of aromatic nitrogens is 3. The second-order valence-corrected chi connectivity index (χ2v) is 9.97. The minimum atomic E-state index is -4.66. The first-order chi connectivity index (χ1) is 22.7. The average Bonchev–Trinajstić information content (AvgIpc) is 3.08. The van der Waals surface area contributed by atoms with E-state index in [0.29, 0.717) is 22.5 Å². The summed E-state index contributed by atoms with van der Waals surface area (Å²) in [5.74, 6) is 0. The van der Waals surface area contributed by atoms with Crippen LogP contribution in [0.5, 0.6) is 0 Å². The van der Waals surface area contributed by atoms with Gasteiger partial charge in [-0.2, -0.15) is 39.5 Å². The van der Waals surface area contributed by atoms with E-state index in [1.165, 1.54) is 42.6 Å². The molecule has 6 aromatic rings. The van der Waals surface area contributed by atoms with Gasteiger partial charge in [-0.3, -0.25) is 4.98 Å². The van der Waals surface area contributed by atoms with Crippen LogP contribution in [0, 0.1) is 18.2 Å². The quantitative estimate of drug-likeness (QED) is 0.131. The normalized spacial score (nSPS) is 11.6. The SMILES string of the molecule is FC(F)(F)c1c[c-]c(-c2cccc(-c3[c-]c(-c4ccccn4)ccc3C(F)(F)F)n2)cc1.FC(F)(F)c1c[c-]c(-c2ccccn2)cc1.[Ir+3]. The number of alkyl halides is 9. The van der Waals surface area contributed by atoms with E-state index >= 15 is 0 Å². The Labute approximate surface area is 287 Å². The number of rotatable bonds is 4. The number of pyridine rings is 3. The molecule has 49 heavy (non-hydrogen) atoms. The predicted molar refractivity (Wildman–Crippen MR) is 160 cm³/mol. The van der Waals surface area contributed by atoms with Crippen LogP contribution in [-0.2, 0) is 38.6 Å². The van der Waals surface area contributed by atoms with Crippen LogP contribution in [0.2, 0.25) is 0 Å². The van der Waals surface area contributed by atoms with Gasteiger partial charge in [-0.1, -0.05) is 53.6 Å². The monoisotopic (exact) mass is 857 g/mol. The maximum atomic E-state index is 13.7. The summed E-state index contributed by atoms with van der Waals surface area (Å²) in [6, 6.07) is 30.8. The Bertz CT molecular complexity index is 1960. The number of hydrogen-bond donors (Lipinski definition) is 0. The van der Waals surface area contributed by atoms with Gasteiger partial charge >= 0.3 is 38.6 Å². The van der Waals surface area contributed by atoms with E-state index in [1.54, 1.807) is 42.6 Å². The average molecular weight is 857 g/mol. The molecule has 0 bridgehead atoms. The molecule has 0 N–H and O–H groups in total. The van der Waals surface area contributed by atoms with Gasteiger partial charge in [0, 0.05) is 18.1 Å². The fourth-order valence-electron chi connectivity index (χ4n) is 4.37. The zero-order chi connectivity index (χ0) is 34.5. The van der Waals surface area contributed by atoms with E-state index in [9.17, 15) is 39.5 Å². The molecule has 0 amide bonds. The molecule has 3 nitrogen and oxygen atoms in total. The molecule has 6 rings (SSSR count). The molecule has 0 aliphatic heterocycles. The second kappa shape index (κ2) is 15.1. The molecule has 13 heteroatoms. The van der Waals surface area contributed by atoms with Gasteiger partial charge < -0.3 is 9.97 Å². The van der Waals surface area contributed by atoms with Crippen molar-refractivity contribution in [1.29, 1.82) is 0 Å².